The molecule has 1 aliphatic carbocycles. The number of fused-ring (bicyclic) bond motifs is 1. The van der Waals surface area contributed by atoms with E-state index < -0.39 is 0 Å². The molecule has 0 bridgehead atoms. The lowest BCUT2D eigenvalue weighted by Gasteiger charge is -2.24. The molecule has 1 aliphatic rings. The summed E-state index contributed by atoms with van der Waals surface area (Å²) in [6, 6.07) is 32.5. The fraction of sp³-hybridized carbons (Fsp3) is 0.176. The number of aryl methyl sites for hydroxylation is 1. The molecule has 6 heteroatoms. The second-order valence-corrected chi connectivity index (χ2v) is 9.79. The molecule has 0 aliphatic heterocycles. The Bertz CT molecular complexity index is 1550. The summed E-state index contributed by atoms with van der Waals surface area (Å²) in [6.07, 6.45) is 2.10. The van der Waals surface area contributed by atoms with Gasteiger partial charge in [0.2, 0.25) is 0 Å². The first kappa shape index (κ1) is 27.1. The molecule has 4 aromatic rings. The van der Waals surface area contributed by atoms with Crippen molar-refractivity contribution in [2.75, 3.05) is 36.5 Å². The van der Waals surface area contributed by atoms with Crippen molar-refractivity contribution in [1.29, 1.82) is 0 Å². The van der Waals surface area contributed by atoms with E-state index in [0.29, 0.717) is 13.1 Å². The summed E-state index contributed by atoms with van der Waals surface area (Å²) in [7, 11) is 0. The third kappa shape index (κ3) is 6.20. The Balaban J connectivity index is 1.59. The fourth-order valence-corrected chi connectivity index (χ4v) is 4.80. The van der Waals surface area contributed by atoms with E-state index in [0.717, 1.165) is 56.6 Å². The molecule has 40 heavy (non-hydrogen) atoms. The van der Waals surface area contributed by atoms with Crippen molar-refractivity contribution in [1.82, 2.24) is 0 Å². The first-order chi connectivity index (χ1) is 19.6. The van der Waals surface area contributed by atoms with Gasteiger partial charge in [0.25, 0.3) is 0 Å². The zero-order valence-electron chi connectivity index (χ0n) is 22.9. The Kier molecular flexibility index (Phi) is 8.50. The molecule has 6 nitrogen and oxygen atoms in total. The normalized spacial score (nSPS) is 14.7. The topological polar surface area (TPSA) is 80.5 Å². The van der Waals surface area contributed by atoms with Crippen molar-refractivity contribution >= 4 is 39.9 Å². The van der Waals surface area contributed by atoms with Crippen molar-refractivity contribution in [3.05, 3.63) is 125 Å². The lowest BCUT2D eigenvalue weighted by Crippen LogP contribution is -2.29. The minimum absolute atomic E-state index is 0.00124. The van der Waals surface area contributed by atoms with E-state index in [1.807, 2.05) is 77.7 Å². The second kappa shape index (κ2) is 12.6. The molecule has 0 spiro atoms. The van der Waals surface area contributed by atoms with Crippen molar-refractivity contribution in [3.8, 4) is 0 Å². The number of aliphatic hydroxyl groups is 2. The lowest BCUT2D eigenvalue weighted by molar-refractivity contribution is 0.281. The van der Waals surface area contributed by atoms with Crippen LogP contribution in [0.5, 0.6) is 0 Å². The van der Waals surface area contributed by atoms with Crippen LogP contribution in [0, 0.1) is 6.92 Å². The Morgan fingerprint density at radius 1 is 0.725 bits per heavy atom. The lowest BCUT2D eigenvalue weighted by atomic mass is 9.89. The minimum Gasteiger partial charge on any atom is -0.395 e. The molecule has 0 aromatic heterocycles. The third-order valence-corrected chi connectivity index (χ3v) is 6.84. The molecule has 202 valence electrons. The maximum absolute atomic E-state index is 9.57. The number of anilines is 3. The first-order valence-corrected chi connectivity index (χ1v) is 13.5. The number of allylic oxidation sites excluding steroid dienone is 2. The maximum Gasteiger partial charge on any atom is 0.0873 e. The van der Waals surface area contributed by atoms with Gasteiger partial charge < -0.3 is 20.4 Å². The first-order valence-electron chi connectivity index (χ1n) is 13.5. The summed E-state index contributed by atoms with van der Waals surface area (Å²) >= 11 is 0. The van der Waals surface area contributed by atoms with Gasteiger partial charge in [0, 0.05) is 35.6 Å². The van der Waals surface area contributed by atoms with Crippen LogP contribution in [-0.4, -0.2) is 47.9 Å². The summed E-state index contributed by atoms with van der Waals surface area (Å²) in [6.45, 7) is 5.00. The van der Waals surface area contributed by atoms with Gasteiger partial charge in [0.15, 0.2) is 0 Å². The predicted octanol–water partition coefficient (Wildman–Crippen LogP) is 6.73. The number of rotatable bonds is 9. The van der Waals surface area contributed by atoms with E-state index >= 15 is 0 Å². The highest BCUT2D eigenvalue weighted by Gasteiger charge is 2.21. The van der Waals surface area contributed by atoms with E-state index in [2.05, 4.69) is 49.5 Å². The summed E-state index contributed by atoms with van der Waals surface area (Å²) in [4.78, 5) is 12.1. The Labute approximate surface area is 235 Å². The SMILES string of the molecule is CC1=CC(=Nc2ccc(C)cc2)c2ccccc2C1=Nc1ccc(N(CCO)CCO)cc1Nc1ccccc1. The third-order valence-electron chi connectivity index (χ3n) is 6.84. The monoisotopic (exact) mass is 530 g/mol. The molecule has 5 rings (SSSR count). The second-order valence-electron chi connectivity index (χ2n) is 9.79. The molecule has 0 unspecified atom stereocenters. The van der Waals surface area contributed by atoms with E-state index in [1.54, 1.807) is 0 Å². The van der Waals surface area contributed by atoms with Crippen molar-refractivity contribution in [2.45, 2.75) is 13.8 Å². The number of benzene rings is 4. The largest absolute Gasteiger partial charge is 0.395 e. The molecule has 0 heterocycles. The molecule has 4 aromatic carbocycles. The van der Waals surface area contributed by atoms with Crippen LogP contribution in [0.15, 0.2) is 119 Å². The van der Waals surface area contributed by atoms with Gasteiger partial charge in [-0.15, -0.1) is 0 Å². The zero-order chi connectivity index (χ0) is 27.9. The van der Waals surface area contributed by atoms with Crippen LogP contribution in [0.2, 0.25) is 0 Å². The number of nitrogens with one attached hydrogen (secondary N) is 1. The van der Waals surface area contributed by atoms with Crippen molar-refractivity contribution < 1.29 is 10.2 Å². The molecule has 0 radical (unpaired) electrons. The summed E-state index contributed by atoms with van der Waals surface area (Å²) in [5.41, 5.74) is 10.5. The van der Waals surface area contributed by atoms with Crippen molar-refractivity contribution in [2.24, 2.45) is 9.98 Å². The van der Waals surface area contributed by atoms with Gasteiger partial charge in [-0.25, -0.2) is 9.98 Å². The molecule has 0 fully saturated rings. The highest BCUT2D eigenvalue weighted by Crippen LogP contribution is 2.35. The Morgan fingerprint density at radius 3 is 2.10 bits per heavy atom. The summed E-state index contributed by atoms with van der Waals surface area (Å²) in [5, 5.41) is 22.7. The molecule has 0 saturated carbocycles. The summed E-state index contributed by atoms with van der Waals surface area (Å²) < 4.78 is 0. The van der Waals surface area contributed by atoms with Gasteiger partial charge >= 0.3 is 0 Å². The molecule has 3 N–H and O–H groups in total. The summed E-state index contributed by atoms with van der Waals surface area (Å²) in [5.74, 6) is 0. The van der Waals surface area contributed by atoms with Crippen LogP contribution in [-0.2, 0) is 0 Å². The highest BCUT2D eigenvalue weighted by molar-refractivity contribution is 6.28. The predicted molar refractivity (Wildman–Crippen MR) is 166 cm³/mol. The Hall–Kier alpha value is -4.52. The van der Waals surface area contributed by atoms with Gasteiger partial charge in [-0.1, -0.05) is 60.2 Å². The van der Waals surface area contributed by atoms with Crippen LogP contribution >= 0.6 is 0 Å². The smallest absolute Gasteiger partial charge is 0.0873 e. The quantitative estimate of drug-likeness (QED) is 0.224. The van der Waals surface area contributed by atoms with Crippen LogP contribution in [0.25, 0.3) is 0 Å². The molecule has 0 saturated heterocycles. The van der Waals surface area contributed by atoms with Crippen LogP contribution in [0.4, 0.5) is 28.4 Å². The molecular formula is C34H34N4O2. The highest BCUT2D eigenvalue weighted by atomic mass is 16.3. The van der Waals surface area contributed by atoms with Gasteiger partial charge in [-0.2, -0.15) is 0 Å². The number of hydrogen-bond donors (Lipinski definition) is 3. The van der Waals surface area contributed by atoms with Crippen molar-refractivity contribution in [3.63, 3.8) is 0 Å². The van der Waals surface area contributed by atoms with E-state index in [9.17, 15) is 10.2 Å². The average Bonchev–Trinajstić information content (AvgIpc) is 2.97. The Morgan fingerprint density at radius 2 is 1.40 bits per heavy atom. The van der Waals surface area contributed by atoms with Gasteiger partial charge in [-0.05, 0) is 68.0 Å². The number of aliphatic imine (C=N–C) groups is 2. The van der Waals surface area contributed by atoms with Gasteiger partial charge in [-0.3, -0.25) is 0 Å². The van der Waals surface area contributed by atoms with Crippen LogP contribution in [0.1, 0.15) is 23.6 Å². The number of aliphatic hydroxyl groups excluding tert-OH is 2. The molecule has 0 atom stereocenters. The standard InChI is InChI=1S/C34H34N4O2/c1-24-12-14-27(15-13-24)35-32-22-25(2)34(30-11-7-6-10-29(30)32)37-31-17-16-28(38(18-20-39)19-21-40)23-33(31)36-26-8-4-3-5-9-26/h3-17,22-23,36,39-40H,18-21H2,1-2H3. The number of nitrogens with zero attached hydrogens (tertiary/aromatic N) is 3. The minimum atomic E-state index is -0.00124. The van der Waals surface area contributed by atoms with E-state index in [-0.39, 0.29) is 13.2 Å². The van der Waals surface area contributed by atoms with Gasteiger partial charge in [0.1, 0.15) is 0 Å². The molecule has 0 amide bonds. The van der Waals surface area contributed by atoms with E-state index in [4.69, 9.17) is 9.98 Å². The fourth-order valence-electron chi connectivity index (χ4n) is 4.80. The number of hydrogen-bond acceptors (Lipinski definition) is 6. The molecular weight excluding hydrogens is 496 g/mol. The van der Waals surface area contributed by atoms with Crippen LogP contribution < -0.4 is 10.2 Å². The van der Waals surface area contributed by atoms with E-state index in [1.165, 1.54) is 5.56 Å². The van der Waals surface area contributed by atoms with Gasteiger partial charge in [0.05, 0.1) is 41.7 Å². The zero-order valence-corrected chi connectivity index (χ0v) is 22.9. The number of para-hydroxylation sites is 1. The average molecular weight is 531 g/mol. The van der Waals surface area contributed by atoms with Crippen LogP contribution in [0.3, 0.4) is 0 Å². The maximum atomic E-state index is 9.57.